The molecule has 4 amide bonds. The lowest BCUT2D eigenvalue weighted by molar-refractivity contribution is -0.274. The predicted molar refractivity (Wildman–Crippen MR) is 110 cm³/mol. The van der Waals surface area contributed by atoms with Gasteiger partial charge in [-0.25, -0.2) is 14.7 Å². The number of carbonyl (C=O) groups excluding carboxylic acids is 2. The minimum Gasteiger partial charge on any atom is -0.493 e. The molecule has 33 heavy (non-hydrogen) atoms. The van der Waals surface area contributed by atoms with Gasteiger partial charge in [-0.2, -0.15) is 0 Å². The number of amides is 4. The van der Waals surface area contributed by atoms with Crippen LogP contribution in [-0.2, 0) is 6.54 Å². The van der Waals surface area contributed by atoms with E-state index in [4.69, 9.17) is 15.2 Å². The van der Waals surface area contributed by atoms with Crippen LogP contribution in [0.1, 0.15) is 12.0 Å². The third-order valence-electron chi connectivity index (χ3n) is 4.02. The van der Waals surface area contributed by atoms with Crippen LogP contribution in [0.3, 0.4) is 0 Å². The molecule has 2 rings (SSSR count). The maximum atomic E-state index is 12.2. The monoisotopic (exact) mass is 472 g/mol. The number of hydroxylamine groups is 2. The van der Waals surface area contributed by atoms with Crippen molar-refractivity contribution in [3.8, 4) is 17.2 Å². The summed E-state index contributed by atoms with van der Waals surface area (Å²) in [6, 6.07) is 7.98. The molecule has 0 aliphatic heterocycles. The number of methoxy groups -OCH3 is 1. The number of nitrogens with one attached hydrogen (secondary N) is 2. The lowest BCUT2D eigenvalue weighted by Crippen LogP contribution is -2.32. The van der Waals surface area contributed by atoms with Gasteiger partial charge in [0.15, 0.2) is 11.5 Å². The number of rotatable bonds is 10. The number of benzene rings is 2. The first-order valence-corrected chi connectivity index (χ1v) is 9.53. The van der Waals surface area contributed by atoms with E-state index in [1.165, 1.54) is 19.2 Å². The molecule has 0 aliphatic carbocycles. The normalized spacial score (nSPS) is 10.8. The summed E-state index contributed by atoms with van der Waals surface area (Å²) >= 11 is 0. The summed E-state index contributed by atoms with van der Waals surface area (Å²) in [7, 11) is 1.46. The third kappa shape index (κ3) is 9.03. The maximum absolute atomic E-state index is 12.2. The van der Waals surface area contributed by atoms with E-state index >= 15 is 0 Å². The number of ether oxygens (including phenoxy) is 3. The van der Waals surface area contributed by atoms with E-state index in [9.17, 15) is 28.0 Å². The minimum atomic E-state index is -4.79. The molecule has 0 heterocycles. The molecule has 0 aliphatic rings. The zero-order valence-corrected chi connectivity index (χ0v) is 17.5. The number of nitrogens with zero attached hydrogens (tertiary/aromatic N) is 1. The second-order valence-electron chi connectivity index (χ2n) is 6.54. The van der Waals surface area contributed by atoms with Crippen LogP contribution in [0.4, 0.5) is 28.4 Å². The molecule has 0 fully saturated rings. The van der Waals surface area contributed by atoms with Crippen molar-refractivity contribution in [1.29, 1.82) is 0 Å². The number of nitrogens with two attached hydrogens (primary N) is 1. The van der Waals surface area contributed by atoms with Gasteiger partial charge in [-0.05, 0) is 48.4 Å². The summed E-state index contributed by atoms with van der Waals surface area (Å²) in [5.41, 5.74) is 5.83. The molecule has 2 aromatic rings. The molecular weight excluding hydrogens is 449 g/mol. The van der Waals surface area contributed by atoms with Gasteiger partial charge in [0.05, 0.1) is 20.3 Å². The molecule has 13 heteroatoms. The van der Waals surface area contributed by atoms with Crippen molar-refractivity contribution < 1.29 is 42.2 Å². The van der Waals surface area contributed by atoms with Gasteiger partial charge in [0.1, 0.15) is 5.75 Å². The molecule has 180 valence electrons. The molecule has 0 saturated carbocycles. The number of hydrogen-bond donors (Lipinski definition) is 4. The Morgan fingerprint density at radius 2 is 1.82 bits per heavy atom. The summed E-state index contributed by atoms with van der Waals surface area (Å²) in [5, 5.41) is 14.9. The summed E-state index contributed by atoms with van der Waals surface area (Å²) < 4.78 is 51.1. The van der Waals surface area contributed by atoms with E-state index in [1.807, 2.05) is 0 Å². The zero-order valence-electron chi connectivity index (χ0n) is 17.5. The third-order valence-corrected chi connectivity index (χ3v) is 4.02. The van der Waals surface area contributed by atoms with Crippen LogP contribution in [0, 0.1) is 0 Å². The van der Waals surface area contributed by atoms with Gasteiger partial charge in [0, 0.05) is 12.2 Å². The second-order valence-corrected chi connectivity index (χ2v) is 6.54. The van der Waals surface area contributed by atoms with Gasteiger partial charge < -0.3 is 30.6 Å². The average Bonchev–Trinajstić information content (AvgIpc) is 2.74. The zero-order chi connectivity index (χ0) is 24.4. The molecule has 0 radical (unpaired) electrons. The fourth-order valence-corrected chi connectivity index (χ4v) is 2.55. The molecule has 0 saturated heterocycles. The van der Waals surface area contributed by atoms with Gasteiger partial charge in [-0.3, -0.25) is 5.21 Å². The Morgan fingerprint density at radius 1 is 1.12 bits per heavy atom. The van der Waals surface area contributed by atoms with Crippen LogP contribution in [-0.4, -0.2) is 49.0 Å². The van der Waals surface area contributed by atoms with Crippen molar-refractivity contribution in [2.75, 3.05) is 25.6 Å². The number of urea groups is 2. The van der Waals surface area contributed by atoms with E-state index in [2.05, 4.69) is 15.4 Å². The highest BCUT2D eigenvalue weighted by molar-refractivity contribution is 5.89. The first-order chi connectivity index (χ1) is 15.6. The van der Waals surface area contributed by atoms with Crippen LogP contribution in [0.25, 0.3) is 0 Å². The van der Waals surface area contributed by atoms with Crippen molar-refractivity contribution in [2.24, 2.45) is 5.73 Å². The van der Waals surface area contributed by atoms with E-state index in [0.717, 1.165) is 12.1 Å². The standard InChI is InChI=1S/C20H23F3N4O6/c1-31-16-8-3-13(12-27(30)18(24)28)11-17(16)32-10-2-9-25-19(29)26-14-4-6-15(7-5-14)33-20(21,22)23/h3-8,11,30H,2,9-10,12H2,1H3,(H2,24,28)(H2,25,26,29). The number of halogens is 3. The van der Waals surface area contributed by atoms with E-state index in [-0.39, 0.29) is 25.4 Å². The molecule has 5 N–H and O–H groups in total. The predicted octanol–water partition coefficient (Wildman–Crippen LogP) is 3.45. The second kappa shape index (κ2) is 11.7. The van der Waals surface area contributed by atoms with E-state index in [0.29, 0.717) is 28.5 Å². The van der Waals surface area contributed by atoms with Gasteiger partial charge in [-0.1, -0.05) is 6.07 Å². The summed E-state index contributed by atoms with van der Waals surface area (Å²) in [6.45, 7) is 0.318. The molecule has 0 aromatic heterocycles. The maximum Gasteiger partial charge on any atom is 0.573 e. The average molecular weight is 472 g/mol. The van der Waals surface area contributed by atoms with Gasteiger partial charge in [-0.15, -0.1) is 13.2 Å². The summed E-state index contributed by atoms with van der Waals surface area (Å²) in [5.74, 6) is 0.413. The van der Waals surface area contributed by atoms with Crippen molar-refractivity contribution in [1.82, 2.24) is 10.4 Å². The highest BCUT2D eigenvalue weighted by Gasteiger charge is 2.30. The quantitative estimate of drug-likeness (QED) is 0.238. The minimum absolute atomic E-state index is 0.138. The lowest BCUT2D eigenvalue weighted by Gasteiger charge is -2.15. The molecular formula is C20H23F3N4O6. The lowest BCUT2D eigenvalue weighted by atomic mass is 10.2. The van der Waals surface area contributed by atoms with E-state index < -0.39 is 24.2 Å². The highest BCUT2D eigenvalue weighted by Crippen LogP contribution is 2.28. The Balaban J connectivity index is 1.76. The molecule has 0 unspecified atom stereocenters. The van der Waals surface area contributed by atoms with Crippen molar-refractivity contribution in [3.05, 3.63) is 48.0 Å². The Hall–Kier alpha value is -3.87. The number of anilines is 1. The number of primary amides is 1. The van der Waals surface area contributed by atoms with Crippen molar-refractivity contribution in [2.45, 2.75) is 19.3 Å². The van der Waals surface area contributed by atoms with Crippen molar-refractivity contribution >= 4 is 17.7 Å². The summed E-state index contributed by atoms with van der Waals surface area (Å²) in [6.07, 6.45) is -4.37. The highest BCUT2D eigenvalue weighted by atomic mass is 19.4. The van der Waals surface area contributed by atoms with Crippen LogP contribution in [0.15, 0.2) is 42.5 Å². The van der Waals surface area contributed by atoms with Crippen molar-refractivity contribution in [3.63, 3.8) is 0 Å². The van der Waals surface area contributed by atoms with Gasteiger partial charge >= 0.3 is 18.4 Å². The Kier molecular flexibility index (Phi) is 8.98. The van der Waals surface area contributed by atoms with Crippen LogP contribution in [0.5, 0.6) is 17.2 Å². The number of alkyl halides is 3. The number of carbonyl (C=O) groups is 2. The molecule has 10 nitrogen and oxygen atoms in total. The Bertz CT molecular complexity index is 940. The fourth-order valence-electron chi connectivity index (χ4n) is 2.55. The van der Waals surface area contributed by atoms with E-state index in [1.54, 1.807) is 18.2 Å². The smallest absolute Gasteiger partial charge is 0.493 e. The molecule has 2 aromatic carbocycles. The fraction of sp³-hybridized carbons (Fsp3) is 0.300. The Labute approximate surface area is 187 Å². The molecule has 0 bridgehead atoms. The topological polar surface area (TPSA) is 135 Å². The van der Waals surface area contributed by atoms with Gasteiger partial charge in [0.2, 0.25) is 0 Å². The first-order valence-electron chi connectivity index (χ1n) is 9.53. The molecule has 0 spiro atoms. The van der Waals surface area contributed by atoms with Crippen LogP contribution >= 0.6 is 0 Å². The summed E-state index contributed by atoms with van der Waals surface area (Å²) in [4.78, 5) is 22.8. The number of hydrogen-bond acceptors (Lipinski definition) is 6. The Morgan fingerprint density at radius 3 is 2.42 bits per heavy atom. The van der Waals surface area contributed by atoms with Gasteiger partial charge in [0.25, 0.3) is 0 Å². The molecule has 0 atom stereocenters. The van der Waals surface area contributed by atoms with Crippen LogP contribution < -0.4 is 30.6 Å². The SMILES string of the molecule is COc1ccc(CN(O)C(N)=O)cc1OCCCNC(=O)Nc1ccc(OC(F)(F)F)cc1. The first kappa shape index (κ1) is 25.4. The largest absolute Gasteiger partial charge is 0.573 e. The van der Waals surface area contributed by atoms with Crippen LogP contribution in [0.2, 0.25) is 0 Å².